The van der Waals surface area contributed by atoms with Crippen LogP contribution in [-0.4, -0.2) is 11.5 Å². The second kappa shape index (κ2) is 6.02. The summed E-state index contributed by atoms with van der Waals surface area (Å²) < 4.78 is 0. The van der Waals surface area contributed by atoms with E-state index in [0.717, 1.165) is 5.56 Å². The molecular formula is C9H9ClN4. The lowest BCUT2D eigenvalue weighted by Crippen LogP contribution is -1.78. The second-order valence-corrected chi connectivity index (χ2v) is 2.95. The van der Waals surface area contributed by atoms with Crippen LogP contribution in [0.4, 0.5) is 0 Å². The van der Waals surface area contributed by atoms with E-state index in [0.29, 0.717) is 18.0 Å². The predicted octanol–water partition coefficient (Wildman–Crippen LogP) is 3.45. The van der Waals surface area contributed by atoms with E-state index < -0.39 is 0 Å². The van der Waals surface area contributed by atoms with Gasteiger partial charge < -0.3 is 0 Å². The Hall–Kier alpha value is -1.51. The number of hydrogen-bond acceptors (Lipinski definition) is 2. The first-order valence-electron chi connectivity index (χ1n) is 4.11. The molecule has 0 saturated heterocycles. The molecule has 14 heavy (non-hydrogen) atoms. The van der Waals surface area contributed by atoms with Gasteiger partial charge in [-0.1, -0.05) is 28.9 Å². The van der Waals surface area contributed by atoms with Crippen molar-refractivity contribution < 1.29 is 0 Å². The highest BCUT2D eigenvalue weighted by Crippen LogP contribution is 2.14. The zero-order valence-electron chi connectivity index (χ0n) is 7.47. The van der Waals surface area contributed by atoms with Gasteiger partial charge in [0.05, 0.1) is 5.02 Å². The van der Waals surface area contributed by atoms with Gasteiger partial charge in [0, 0.05) is 29.4 Å². The molecule has 72 valence electrons. The monoisotopic (exact) mass is 208 g/mol. The van der Waals surface area contributed by atoms with Gasteiger partial charge in [-0.25, -0.2) is 0 Å². The van der Waals surface area contributed by atoms with Crippen molar-refractivity contribution in [1.82, 2.24) is 4.98 Å². The maximum atomic E-state index is 8.03. The van der Waals surface area contributed by atoms with Gasteiger partial charge in [0.25, 0.3) is 0 Å². The van der Waals surface area contributed by atoms with Gasteiger partial charge in [-0.3, -0.25) is 4.98 Å². The van der Waals surface area contributed by atoms with E-state index in [1.54, 1.807) is 18.5 Å². The number of azide groups is 1. The Bertz CT molecular complexity index is 369. The summed E-state index contributed by atoms with van der Waals surface area (Å²) >= 11 is 5.89. The van der Waals surface area contributed by atoms with Crippen LogP contribution < -0.4 is 0 Å². The summed E-state index contributed by atoms with van der Waals surface area (Å²) in [6.45, 7) is 0.463. The van der Waals surface area contributed by atoms with E-state index in [4.69, 9.17) is 17.1 Å². The molecular weight excluding hydrogens is 200 g/mol. The van der Waals surface area contributed by atoms with Crippen molar-refractivity contribution >= 4 is 17.7 Å². The predicted molar refractivity (Wildman–Crippen MR) is 56.9 cm³/mol. The van der Waals surface area contributed by atoms with E-state index in [1.165, 1.54) is 0 Å². The highest BCUT2D eigenvalue weighted by molar-refractivity contribution is 6.31. The fourth-order valence-electron chi connectivity index (χ4n) is 0.900. The SMILES string of the molecule is [N-]=[N+]=NCCC=Cc1cnccc1Cl. The smallest absolute Gasteiger partial charge is 0.0509 e. The van der Waals surface area contributed by atoms with E-state index in [2.05, 4.69) is 15.0 Å². The quantitative estimate of drug-likeness (QED) is 0.324. The topological polar surface area (TPSA) is 61.7 Å². The molecule has 0 N–H and O–H groups in total. The van der Waals surface area contributed by atoms with Crippen LogP contribution in [0.3, 0.4) is 0 Å². The number of pyridine rings is 1. The maximum Gasteiger partial charge on any atom is 0.0509 e. The Kier molecular flexibility index (Phi) is 4.55. The molecule has 0 atom stereocenters. The van der Waals surface area contributed by atoms with Crippen molar-refractivity contribution in [2.75, 3.05) is 6.54 Å². The van der Waals surface area contributed by atoms with Crippen LogP contribution in [0.15, 0.2) is 29.7 Å². The van der Waals surface area contributed by atoms with E-state index in [-0.39, 0.29) is 0 Å². The van der Waals surface area contributed by atoms with Gasteiger partial charge in [-0.2, -0.15) is 0 Å². The van der Waals surface area contributed by atoms with Crippen molar-refractivity contribution in [1.29, 1.82) is 0 Å². The second-order valence-electron chi connectivity index (χ2n) is 2.54. The molecule has 0 spiro atoms. The van der Waals surface area contributed by atoms with Crippen molar-refractivity contribution in [2.24, 2.45) is 5.11 Å². The van der Waals surface area contributed by atoms with Crippen molar-refractivity contribution in [2.45, 2.75) is 6.42 Å². The van der Waals surface area contributed by atoms with Gasteiger partial charge in [-0.15, -0.1) is 0 Å². The number of nitrogens with zero attached hydrogens (tertiary/aromatic N) is 4. The van der Waals surface area contributed by atoms with E-state index in [1.807, 2.05) is 12.2 Å². The summed E-state index contributed by atoms with van der Waals surface area (Å²) in [5.41, 5.74) is 8.90. The number of rotatable bonds is 4. The molecule has 0 amide bonds. The molecule has 5 heteroatoms. The molecule has 0 aromatic carbocycles. The summed E-state index contributed by atoms with van der Waals surface area (Å²) in [5, 5.41) is 4.07. The first-order valence-corrected chi connectivity index (χ1v) is 4.49. The highest BCUT2D eigenvalue weighted by atomic mass is 35.5. The molecule has 1 rings (SSSR count). The molecule has 0 aliphatic rings. The first-order chi connectivity index (χ1) is 6.84. The van der Waals surface area contributed by atoms with Crippen LogP contribution in [0.1, 0.15) is 12.0 Å². The van der Waals surface area contributed by atoms with Gasteiger partial charge >= 0.3 is 0 Å². The van der Waals surface area contributed by atoms with Crippen LogP contribution in [-0.2, 0) is 0 Å². The summed E-state index contributed by atoms with van der Waals surface area (Å²) in [4.78, 5) is 6.59. The fourth-order valence-corrected chi connectivity index (χ4v) is 1.07. The zero-order chi connectivity index (χ0) is 10.2. The molecule has 0 aliphatic heterocycles. The average molecular weight is 209 g/mol. The minimum Gasteiger partial charge on any atom is -0.264 e. The van der Waals surface area contributed by atoms with E-state index in [9.17, 15) is 0 Å². The van der Waals surface area contributed by atoms with Crippen LogP contribution >= 0.6 is 11.6 Å². The lowest BCUT2D eigenvalue weighted by molar-refractivity contribution is 0.995. The normalized spacial score (nSPS) is 10.1. The summed E-state index contributed by atoms with van der Waals surface area (Å²) in [6, 6.07) is 1.73. The van der Waals surface area contributed by atoms with Gasteiger partial charge in [-0.05, 0) is 18.0 Å². The Morgan fingerprint density at radius 2 is 2.50 bits per heavy atom. The molecule has 4 nitrogen and oxygen atoms in total. The summed E-state index contributed by atoms with van der Waals surface area (Å²) in [5.74, 6) is 0. The van der Waals surface area contributed by atoms with Crippen LogP contribution in [0.25, 0.3) is 16.5 Å². The third kappa shape index (κ3) is 3.47. The fraction of sp³-hybridized carbons (Fsp3) is 0.222. The largest absolute Gasteiger partial charge is 0.264 e. The van der Waals surface area contributed by atoms with Crippen molar-refractivity contribution in [3.8, 4) is 0 Å². The number of halogens is 1. The molecule has 0 fully saturated rings. The Balaban J connectivity index is 2.51. The van der Waals surface area contributed by atoms with Gasteiger partial charge in [0.2, 0.25) is 0 Å². The van der Waals surface area contributed by atoms with Crippen LogP contribution in [0.2, 0.25) is 5.02 Å². The Labute approximate surface area is 86.9 Å². The summed E-state index contributed by atoms with van der Waals surface area (Å²) in [7, 11) is 0. The van der Waals surface area contributed by atoms with Crippen LogP contribution in [0.5, 0.6) is 0 Å². The maximum absolute atomic E-state index is 8.03. The average Bonchev–Trinajstić information content (AvgIpc) is 2.20. The lowest BCUT2D eigenvalue weighted by atomic mass is 10.2. The van der Waals surface area contributed by atoms with Crippen molar-refractivity contribution in [3.63, 3.8) is 0 Å². The molecule has 0 aliphatic carbocycles. The zero-order valence-corrected chi connectivity index (χ0v) is 8.22. The molecule has 1 aromatic heterocycles. The first kappa shape index (κ1) is 10.6. The molecule has 0 bridgehead atoms. The van der Waals surface area contributed by atoms with Crippen molar-refractivity contribution in [3.05, 3.63) is 45.6 Å². The summed E-state index contributed by atoms with van der Waals surface area (Å²) in [6.07, 6.45) is 7.79. The Morgan fingerprint density at radius 3 is 3.21 bits per heavy atom. The lowest BCUT2D eigenvalue weighted by Gasteiger charge is -1.94. The molecule has 1 heterocycles. The van der Waals surface area contributed by atoms with Gasteiger partial charge in [0.15, 0.2) is 0 Å². The molecule has 1 aromatic rings. The molecule has 0 saturated carbocycles. The number of hydrogen-bond donors (Lipinski definition) is 0. The van der Waals surface area contributed by atoms with Gasteiger partial charge in [0.1, 0.15) is 0 Å². The van der Waals surface area contributed by atoms with E-state index >= 15 is 0 Å². The van der Waals surface area contributed by atoms with Crippen LogP contribution in [0, 0.1) is 0 Å². The third-order valence-corrected chi connectivity index (χ3v) is 1.90. The minimum atomic E-state index is 0.463. The standard InChI is InChI=1S/C9H9ClN4/c10-9-4-6-12-7-8(9)3-1-2-5-13-14-11/h1,3-4,6-7H,2,5H2. The highest BCUT2D eigenvalue weighted by Gasteiger charge is 1.92. The molecule has 0 unspecified atom stereocenters. The molecule has 0 radical (unpaired) electrons. The minimum absolute atomic E-state index is 0.463. The third-order valence-electron chi connectivity index (χ3n) is 1.55. The Morgan fingerprint density at radius 1 is 1.64 bits per heavy atom. The number of aromatic nitrogens is 1.